The minimum atomic E-state index is 0.0164. The number of rotatable bonds is 10. The third-order valence-electron chi connectivity index (χ3n) is 5.63. The number of imidazole rings is 1. The number of carbonyl (C=O) groups excluding carboxylic acids is 1. The molecule has 0 aliphatic rings. The summed E-state index contributed by atoms with van der Waals surface area (Å²) < 4.78 is 2.33. The summed E-state index contributed by atoms with van der Waals surface area (Å²) in [7, 11) is 0. The number of nitrogens with one attached hydrogen (secondary N) is 1. The van der Waals surface area contributed by atoms with E-state index in [1.54, 1.807) is 0 Å². The van der Waals surface area contributed by atoms with E-state index in [2.05, 4.69) is 52.3 Å². The Hall–Kier alpha value is -3.11. The highest BCUT2D eigenvalue weighted by molar-refractivity contribution is 6.31. The topological polar surface area (TPSA) is 46.9 Å². The molecular formula is C27H28ClN3O. The molecular weight excluding hydrogens is 418 g/mol. The molecule has 0 saturated carbocycles. The highest BCUT2D eigenvalue weighted by Gasteiger charge is 2.11. The van der Waals surface area contributed by atoms with Crippen molar-refractivity contribution in [2.75, 3.05) is 6.54 Å². The number of fused-ring (bicyclic) bond motifs is 1. The summed E-state index contributed by atoms with van der Waals surface area (Å²) in [5, 5.41) is 3.64. The summed E-state index contributed by atoms with van der Waals surface area (Å²) in [6.45, 7) is 1.51. The van der Waals surface area contributed by atoms with Gasteiger partial charge in [-0.1, -0.05) is 78.7 Å². The van der Waals surface area contributed by atoms with Crippen molar-refractivity contribution in [2.24, 2.45) is 0 Å². The molecule has 1 heterocycles. The van der Waals surface area contributed by atoms with Crippen LogP contribution >= 0.6 is 11.6 Å². The van der Waals surface area contributed by atoms with Gasteiger partial charge in [-0.3, -0.25) is 4.79 Å². The molecule has 0 saturated heterocycles. The lowest BCUT2D eigenvalue weighted by molar-refractivity contribution is -0.120. The number of benzene rings is 3. The summed E-state index contributed by atoms with van der Waals surface area (Å²) in [6, 6.07) is 26.3. The maximum absolute atomic E-state index is 12.2. The van der Waals surface area contributed by atoms with Gasteiger partial charge in [0.25, 0.3) is 0 Å². The normalized spacial score (nSPS) is 11.0. The Morgan fingerprint density at radius 3 is 2.47 bits per heavy atom. The molecule has 0 unspecified atom stereocenters. The zero-order valence-electron chi connectivity index (χ0n) is 18.1. The standard InChI is InChI=1S/C27H28ClN3O/c28-23-14-7-6-13-22(23)19-27(32)29-18-10-2-5-17-26-30-24-15-8-9-16-25(24)31(26)20-21-11-3-1-4-12-21/h1,3-4,6-9,11-16H,2,5,10,17-20H2,(H,29,32). The first kappa shape index (κ1) is 22.1. The van der Waals surface area contributed by atoms with Gasteiger partial charge in [0.2, 0.25) is 5.91 Å². The van der Waals surface area contributed by atoms with Gasteiger partial charge in [0, 0.05) is 24.5 Å². The average Bonchev–Trinajstić information content (AvgIpc) is 3.15. The number of hydrogen-bond donors (Lipinski definition) is 1. The Balaban J connectivity index is 1.27. The first-order valence-corrected chi connectivity index (χ1v) is 11.6. The van der Waals surface area contributed by atoms with Crippen molar-refractivity contribution in [3.05, 3.63) is 101 Å². The zero-order valence-corrected chi connectivity index (χ0v) is 18.9. The van der Waals surface area contributed by atoms with Crippen molar-refractivity contribution in [3.8, 4) is 0 Å². The van der Waals surface area contributed by atoms with Crippen LogP contribution in [0, 0.1) is 0 Å². The molecule has 4 aromatic rings. The number of unbranched alkanes of at least 4 members (excludes halogenated alkanes) is 2. The first-order valence-electron chi connectivity index (χ1n) is 11.2. The minimum absolute atomic E-state index is 0.0164. The van der Waals surface area contributed by atoms with Gasteiger partial charge in [0.1, 0.15) is 5.82 Å². The molecule has 0 aliphatic carbocycles. The summed E-state index contributed by atoms with van der Waals surface area (Å²) >= 11 is 6.13. The van der Waals surface area contributed by atoms with Gasteiger partial charge in [0.15, 0.2) is 0 Å². The van der Waals surface area contributed by atoms with Crippen molar-refractivity contribution in [1.29, 1.82) is 0 Å². The molecule has 0 radical (unpaired) electrons. The lowest BCUT2D eigenvalue weighted by atomic mass is 10.1. The summed E-state index contributed by atoms with van der Waals surface area (Å²) in [6.07, 6.45) is 4.28. The van der Waals surface area contributed by atoms with Gasteiger partial charge in [-0.2, -0.15) is 0 Å². The number of aryl methyl sites for hydroxylation is 1. The van der Waals surface area contributed by atoms with Crippen LogP contribution in [0.5, 0.6) is 0 Å². The van der Waals surface area contributed by atoms with Crippen LogP contribution in [0.1, 0.15) is 36.2 Å². The maximum Gasteiger partial charge on any atom is 0.224 e. The van der Waals surface area contributed by atoms with E-state index in [0.717, 1.165) is 49.1 Å². The van der Waals surface area contributed by atoms with E-state index < -0.39 is 0 Å². The fraction of sp³-hybridized carbons (Fsp3) is 0.259. The van der Waals surface area contributed by atoms with Crippen LogP contribution < -0.4 is 5.32 Å². The Morgan fingerprint density at radius 2 is 1.62 bits per heavy atom. The van der Waals surface area contributed by atoms with Gasteiger partial charge in [0.05, 0.1) is 17.5 Å². The summed E-state index contributed by atoms with van der Waals surface area (Å²) in [5.41, 5.74) is 4.37. The number of hydrogen-bond acceptors (Lipinski definition) is 2. The predicted octanol–water partition coefficient (Wildman–Crippen LogP) is 5.81. The quantitative estimate of drug-likeness (QED) is 0.313. The third-order valence-corrected chi connectivity index (χ3v) is 5.99. The lowest BCUT2D eigenvalue weighted by Crippen LogP contribution is -2.26. The Kier molecular flexibility index (Phi) is 7.57. The summed E-state index contributed by atoms with van der Waals surface area (Å²) in [4.78, 5) is 17.0. The van der Waals surface area contributed by atoms with Gasteiger partial charge in [-0.25, -0.2) is 4.98 Å². The van der Waals surface area contributed by atoms with Crippen LogP contribution in [0.3, 0.4) is 0 Å². The SMILES string of the molecule is O=C(Cc1ccccc1Cl)NCCCCCc1nc2ccccc2n1Cc1ccccc1. The first-order chi connectivity index (χ1) is 15.7. The van der Waals surface area contributed by atoms with Crippen LogP contribution in [0.15, 0.2) is 78.9 Å². The molecule has 164 valence electrons. The van der Waals surface area contributed by atoms with Gasteiger partial charge in [-0.15, -0.1) is 0 Å². The monoisotopic (exact) mass is 445 g/mol. The van der Waals surface area contributed by atoms with E-state index in [-0.39, 0.29) is 5.91 Å². The van der Waals surface area contributed by atoms with Gasteiger partial charge >= 0.3 is 0 Å². The van der Waals surface area contributed by atoms with E-state index in [0.29, 0.717) is 18.0 Å². The third kappa shape index (κ3) is 5.77. The van der Waals surface area contributed by atoms with Crippen molar-refractivity contribution in [1.82, 2.24) is 14.9 Å². The smallest absolute Gasteiger partial charge is 0.224 e. The Bertz CT molecular complexity index is 1170. The fourth-order valence-electron chi connectivity index (χ4n) is 3.95. The molecule has 4 rings (SSSR count). The second kappa shape index (κ2) is 11.0. The van der Waals surface area contributed by atoms with Crippen LogP contribution in [-0.4, -0.2) is 22.0 Å². The van der Waals surface area contributed by atoms with E-state index >= 15 is 0 Å². The van der Waals surface area contributed by atoms with E-state index in [1.807, 2.05) is 36.4 Å². The Morgan fingerprint density at radius 1 is 0.875 bits per heavy atom. The minimum Gasteiger partial charge on any atom is -0.356 e. The second-order valence-corrected chi connectivity index (χ2v) is 8.42. The van der Waals surface area contributed by atoms with Crippen LogP contribution in [0.4, 0.5) is 0 Å². The van der Waals surface area contributed by atoms with E-state index in [1.165, 1.54) is 11.1 Å². The molecule has 1 aromatic heterocycles. The van der Waals surface area contributed by atoms with Crippen LogP contribution in [0.25, 0.3) is 11.0 Å². The molecule has 0 spiro atoms. The molecule has 32 heavy (non-hydrogen) atoms. The van der Waals surface area contributed by atoms with E-state index in [9.17, 15) is 4.79 Å². The van der Waals surface area contributed by atoms with Crippen LogP contribution in [0.2, 0.25) is 5.02 Å². The molecule has 0 atom stereocenters. The molecule has 3 aromatic carbocycles. The van der Waals surface area contributed by atoms with E-state index in [4.69, 9.17) is 16.6 Å². The molecule has 4 nitrogen and oxygen atoms in total. The molecule has 0 aliphatic heterocycles. The Labute approximate surface area is 194 Å². The number of nitrogens with zero attached hydrogens (tertiary/aromatic N) is 2. The highest BCUT2D eigenvalue weighted by atomic mass is 35.5. The maximum atomic E-state index is 12.2. The number of aromatic nitrogens is 2. The molecule has 5 heteroatoms. The van der Waals surface area contributed by atoms with Crippen molar-refractivity contribution < 1.29 is 4.79 Å². The predicted molar refractivity (Wildman–Crippen MR) is 131 cm³/mol. The molecule has 0 bridgehead atoms. The number of amides is 1. The van der Waals surface area contributed by atoms with Crippen molar-refractivity contribution in [3.63, 3.8) is 0 Å². The van der Waals surface area contributed by atoms with Crippen molar-refractivity contribution in [2.45, 2.75) is 38.6 Å². The number of para-hydroxylation sites is 2. The average molecular weight is 446 g/mol. The fourth-order valence-corrected chi connectivity index (χ4v) is 4.15. The summed E-state index contributed by atoms with van der Waals surface area (Å²) in [5.74, 6) is 1.14. The number of halogens is 1. The highest BCUT2D eigenvalue weighted by Crippen LogP contribution is 2.20. The molecule has 1 amide bonds. The molecule has 0 fully saturated rings. The second-order valence-electron chi connectivity index (χ2n) is 8.02. The molecule has 1 N–H and O–H groups in total. The largest absolute Gasteiger partial charge is 0.356 e. The number of carbonyl (C=O) groups is 1. The van der Waals surface area contributed by atoms with Crippen molar-refractivity contribution >= 4 is 28.5 Å². The van der Waals surface area contributed by atoms with Gasteiger partial charge in [-0.05, 0) is 42.2 Å². The lowest BCUT2D eigenvalue weighted by Gasteiger charge is -2.10. The van der Waals surface area contributed by atoms with Crippen LogP contribution in [-0.2, 0) is 24.2 Å². The zero-order chi connectivity index (χ0) is 22.2. The van der Waals surface area contributed by atoms with Gasteiger partial charge < -0.3 is 9.88 Å².